The Morgan fingerprint density at radius 1 is 1.32 bits per heavy atom. The lowest BCUT2D eigenvalue weighted by molar-refractivity contribution is -0.138. The smallest absolute Gasteiger partial charge is 0.227 e. The molecule has 0 spiro atoms. The summed E-state index contributed by atoms with van der Waals surface area (Å²) in [5, 5.41) is 7.67. The van der Waals surface area contributed by atoms with Crippen molar-refractivity contribution < 1.29 is 4.79 Å². The van der Waals surface area contributed by atoms with E-state index in [4.69, 9.17) is 0 Å². The fourth-order valence-corrected chi connectivity index (χ4v) is 4.35. The van der Waals surface area contributed by atoms with Gasteiger partial charge in [0.15, 0.2) is 0 Å². The van der Waals surface area contributed by atoms with E-state index in [2.05, 4.69) is 20.2 Å². The average molecular weight is 303 g/mol. The Bertz CT molecular complexity index is 556. The standard InChI is InChI=1S/C16H25N5O/c1-19-10-12(7-18-19)14-8-17-9-15(14)16(22)21-6-5-20-4-2-3-13(20)11-21/h7,10,13-15,17H,2-6,8-9,11H2,1H3/t13?,14-,15+/m1/s1. The van der Waals surface area contributed by atoms with Crippen LogP contribution in [-0.4, -0.2) is 70.8 Å². The third kappa shape index (κ3) is 2.44. The molecule has 3 aliphatic rings. The molecule has 6 heteroatoms. The number of rotatable bonds is 2. The predicted molar refractivity (Wildman–Crippen MR) is 83.5 cm³/mol. The average Bonchev–Trinajstić information content (AvgIpc) is 3.25. The topological polar surface area (TPSA) is 53.4 Å². The summed E-state index contributed by atoms with van der Waals surface area (Å²) < 4.78 is 1.83. The Labute approximate surface area is 131 Å². The molecule has 120 valence electrons. The molecule has 0 radical (unpaired) electrons. The number of nitrogens with zero attached hydrogens (tertiary/aromatic N) is 4. The van der Waals surface area contributed by atoms with Crippen LogP contribution in [0.2, 0.25) is 0 Å². The predicted octanol–water partition coefficient (Wildman–Crippen LogP) is 0.0297. The van der Waals surface area contributed by atoms with Crippen LogP contribution in [0.5, 0.6) is 0 Å². The van der Waals surface area contributed by atoms with E-state index < -0.39 is 0 Å². The molecular weight excluding hydrogens is 278 g/mol. The van der Waals surface area contributed by atoms with Crippen molar-refractivity contribution in [1.29, 1.82) is 0 Å². The van der Waals surface area contributed by atoms with Crippen molar-refractivity contribution in [1.82, 2.24) is 24.9 Å². The molecule has 4 rings (SSSR count). The molecule has 0 aromatic carbocycles. The monoisotopic (exact) mass is 303 g/mol. The van der Waals surface area contributed by atoms with Crippen LogP contribution >= 0.6 is 0 Å². The van der Waals surface area contributed by atoms with Crippen LogP contribution < -0.4 is 5.32 Å². The van der Waals surface area contributed by atoms with Crippen LogP contribution in [0.15, 0.2) is 12.4 Å². The number of carbonyl (C=O) groups is 1. The number of hydrogen-bond acceptors (Lipinski definition) is 4. The molecule has 1 aromatic heterocycles. The van der Waals surface area contributed by atoms with Crippen molar-refractivity contribution in [2.75, 3.05) is 39.3 Å². The van der Waals surface area contributed by atoms with E-state index in [-0.39, 0.29) is 11.8 Å². The van der Waals surface area contributed by atoms with Crippen LogP contribution in [-0.2, 0) is 11.8 Å². The van der Waals surface area contributed by atoms with E-state index in [0.29, 0.717) is 11.9 Å². The first-order valence-electron chi connectivity index (χ1n) is 8.44. The molecule has 3 fully saturated rings. The van der Waals surface area contributed by atoms with Crippen LogP contribution in [0.4, 0.5) is 0 Å². The van der Waals surface area contributed by atoms with Crippen molar-refractivity contribution >= 4 is 5.91 Å². The quantitative estimate of drug-likeness (QED) is 0.837. The molecule has 0 aliphatic carbocycles. The van der Waals surface area contributed by atoms with Crippen molar-refractivity contribution in [3.05, 3.63) is 18.0 Å². The summed E-state index contributed by atoms with van der Waals surface area (Å²) in [6.45, 7) is 5.76. The van der Waals surface area contributed by atoms with E-state index in [1.54, 1.807) is 0 Å². The van der Waals surface area contributed by atoms with Crippen molar-refractivity contribution in [3.8, 4) is 0 Å². The molecule has 3 atom stereocenters. The molecule has 3 aliphatic heterocycles. The second kappa shape index (κ2) is 5.66. The maximum atomic E-state index is 13.0. The molecule has 1 amide bonds. The molecule has 4 heterocycles. The molecule has 0 saturated carbocycles. The Morgan fingerprint density at radius 2 is 2.23 bits per heavy atom. The van der Waals surface area contributed by atoms with Crippen LogP contribution in [0.1, 0.15) is 24.3 Å². The zero-order valence-corrected chi connectivity index (χ0v) is 13.2. The lowest BCUT2D eigenvalue weighted by Gasteiger charge is -2.39. The van der Waals surface area contributed by atoms with E-state index in [1.165, 1.54) is 24.9 Å². The highest BCUT2D eigenvalue weighted by Crippen LogP contribution is 2.31. The zero-order chi connectivity index (χ0) is 15.1. The molecule has 3 saturated heterocycles. The summed E-state index contributed by atoms with van der Waals surface area (Å²) in [7, 11) is 1.93. The van der Waals surface area contributed by atoms with Gasteiger partial charge in [0.1, 0.15) is 0 Å². The zero-order valence-electron chi connectivity index (χ0n) is 13.2. The molecule has 6 nitrogen and oxygen atoms in total. The van der Waals surface area contributed by atoms with Gasteiger partial charge in [0.25, 0.3) is 0 Å². The SMILES string of the molecule is Cn1cc([C@H]2CNC[C@@H]2C(=O)N2CCN3CCCC3C2)cn1. The van der Waals surface area contributed by atoms with Gasteiger partial charge in [-0.15, -0.1) is 0 Å². The van der Waals surface area contributed by atoms with Gasteiger partial charge >= 0.3 is 0 Å². The van der Waals surface area contributed by atoms with Crippen molar-refractivity contribution in [2.24, 2.45) is 13.0 Å². The first-order chi connectivity index (χ1) is 10.7. The van der Waals surface area contributed by atoms with Gasteiger partial charge in [0.05, 0.1) is 12.1 Å². The largest absolute Gasteiger partial charge is 0.340 e. The van der Waals surface area contributed by atoms with Gasteiger partial charge in [-0.2, -0.15) is 5.10 Å². The second-order valence-electron chi connectivity index (χ2n) is 6.93. The normalized spacial score (nSPS) is 32.4. The molecule has 22 heavy (non-hydrogen) atoms. The minimum absolute atomic E-state index is 0.0668. The first-order valence-corrected chi connectivity index (χ1v) is 8.44. The Kier molecular flexibility index (Phi) is 3.66. The fraction of sp³-hybridized carbons (Fsp3) is 0.750. The molecule has 1 aromatic rings. The number of hydrogen-bond donors (Lipinski definition) is 1. The highest BCUT2D eigenvalue weighted by atomic mass is 16.2. The Balaban J connectivity index is 1.47. The molecular formula is C16H25N5O. The number of fused-ring (bicyclic) bond motifs is 1. The Morgan fingerprint density at radius 3 is 3.05 bits per heavy atom. The number of carbonyl (C=O) groups excluding carboxylic acids is 1. The molecule has 0 bridgehead atoms. The van der Waals surface area contributed by atoms with Crippen LogP contribution in [0.3, 0.4) is 0 Å². The van der Waals surface area contributed by atoms with E-state index in [9.17, 15) is 4.79 Å². The first kappa shape index (κ1) is 14.2. The van der Waals surface area contributed by atoms with Crippen molar-refractivity contribution in [2.45, 2.75) is 24.8 Å². The number of nitrogens with one attached hydrogen (secondary N) is 1. The van der Waals surface area contributed by atoms with E-state index >= 15 is 0 Å². The lowest BCUT2D eigenvalue weighted by atomic mass is 9.89. The molecule has 1 unspecified atom stereocenters. The van der Waals surface area contributed by atoms with Gasteiger partial charge in [0, 0.05) is 57.9 Å². The summed E-state index contributed by atoms with van der Waals surface area (Å²) in [5.41, 5.74) is 1.19. The van der Waals surface area contributed by atoms with Gasteiger partial charge in [-0.3, -0.25) is 14.4 Å². The number of amides is 1. The maximum Gasteiger partial charge on any atom is 0.227 e. The van der Waals surface area contributed by atoms with Gasteiger partial charge < -0.3 is 10.2 Å². The van der Waals surface area contributed by atoms with E-state index in [0.717, 1.165) is 32.7 Å². The lowest BCUT2D eigenvalue weighted by Crippen LogP contribution is -2.54. The third-order valence-electron chi connectivity index (χ3n) is 5.58. The molecule has 1 N–H and O–H groups in total. The Hall–Kier alpha value is -1.40. The third-order valence-corrected chi connectivity index (χ3v) is 5.58. The maximum absolute atomic E-state index is 13.0. The van der Waals surface area contributed by atoms with Crippen LogP contribution in [0.25, 0.3) is 0 Å². The highest BCUT2D eigenvalue weighted by Gasteiger charge is 2.40. The minimum atomic E-state index is 0.0668. The van der Waals surface area contributed by atoms with Gasteiger partial charge in [-0.25, -0.2) is 0 Å². The van der Waals surface area contributed by atoms with E-state index in [1.807, 2.05) is 24.1 Å². The summed E-state index contributed by atoms with van der Waals surface area (Å²) in [4.78, 5) is 17.7. The summed E-state index contributed by atoms with van der Waals surface area (Å²) in [6, 6.07) is 0.601. The summed E-state index contributed by atoms with van der Waals surface area (Å²) >= 11 is 0. The number of aryl methyl sites for hydroxylation is 1. The highest BCUT2D eigenvalue weighted by molar-refractivity contribution is 5.81. The number of piperazine rings is 1. The minimum Gasteiger partial charge on any atom is -0.340 e. The van der Waals surface area contributed by atoms with Gasteiger partial charge in [0.2, 0.25) is 5.91 Å². The fourth-order valence-electron chi connectivity index (χ4n) is 4.35. The van der Waals surface area contributed by atoms with Gasteiger partial charge in [-0.1, -0.05) is 0 Å². The second-order valence-corrected chi connectivity index (χ2v) is 6.93. The van der Waals surface area contributed by atoms with Crippen LogP contribution in [0, 0.1) is 5.92 Å². The van der Waals surface area contributed by atoms with Crippen molar-refractivity contribution in [3.63, 3.8) is 0 Å². The van der Waals surface area contributed by atoms with Gasteiger partial charge in [-0.05, 0) is 24.9 Å². The summed E-state index contributed by atoms with van der Waals surface area (Å²) in [6.07, 6.45) is 6.49. The number of aromatic nitrogens is 2. The summed E-state index contributed by atoms with van der Waals surface area (Å²) in [5.74, 6) is 0.672.